The maximum atomic E-state index is 14.7. The number of sulfone groups is 1. The van der Waals surface area contributed by atoms with Gasteiger partial charge >= 0.3 is 0 Å². The van der Waals surface area contributed by atoms with Gasteiger partial charge in [-0.25, -0.2) is 26.6 Å². The number of fused-ring (bicyclic) bond motifs is 1. The molecule has 6 nitrogen and oxygen atoms in total. The zero-order chi connectivity index (χ0) is 25.5. The summed E-state index contributed by atoms with van der Waals surface area (Å²) in [5.74, 6) is -4.15. The highest BCUT2D eigenvalue weighted by Crippen LogP contribution is 2.38. The van der Waals surface area contributed by atoms with Crippen LogP contribution in [0.3, 0.4) is 0 Å². The number of amides is 1. The van der Waals surface area contributed by atoms with Gasteiger partial charge in [0, 0.05) is 28.6 Å². The van der Waals surface area contributed by atoms with Crippen molar-refractivity contribution in [2.45, 2.75) is 30.2 Å². The van der Waals surface area contributed by atoms with Crippen LogP contribution in [0.5, 0.6) is 5.88 Å². The van der Waals surface area contributed by atoms with Crippen molar-refractivity contribution in [3.05, 3.63) is 81.8 Å². The van der Waals surface area contributed by atoms with E-state index in [4.69, 9.17) is 16.3 Å². The molecule has 1 amide bonds. The fourth-order valence-electron chi connectivity index (χ4n) is 4.18. The second kappa shape index (κ2) is 9.50. The number of halogens is 4. The zero-order valence-electron chi connectivity index (χ0n) is 18.7. The highest BCUT2D eigenvalue weighted by molar-refractivity contribution is 7.90. The second-order valence-corrected chi connectivity index (χ2v) is 10.6. The van der Waals surface area contributed by atoms with Crippen molar-refractivity contribution in [1.29, 1.82) is 0 Å². The number of hydrogen-bond donors (Lipinski definition) is 0. The van der Waals surface area contributed by atoms with Gasteiger partial charge in [-0.05, 0) is 48.7 Å². The summed E-state index contributed by atoms with van der Waals surface area (Å²) < 4.78 is 73.5. The summed E-state index contributed by atoms with van der Waals surface area (Å²) in [6.45, 7) is -0.525. The number of aromatic nitrogens is 1. The van der Waals surface area contributed by atoms with Gasteiger partial charge in [-0.15, -0.1) is 0 Å². The van der Waals surface area contributed by atoms with Gasteiger partial charge in [0.25, 0.3) is 0 Å². The van der Waals surface area contributed by atoms with E-state index in [0.29, 0.717) is 0 Å². The van der Waals surface area contributed by atoms with Crippen molar-refractivity contribution in [2.75, 3.05) is 18.3 Å². The molecule has 0 fully saturated rings. The van der Waals surface area contributed by atoms with Crippen LogP contribution in [0, 0.1) is 17.5 Å². The highest BCUT2D eigenvalue weighted by atomic mass is 35.5. The van der Waals surface area contributed by atoms with Crippen LogP contribution in [0.1, 0.15) is 29.0 Å². The lowest BCUT2D eigenvalue weighted by Crippen LogP contribution is -2.34. The van der Waals surface area contributed by atoms with Crippen LogP contribution in [-0.2, 0) is 27.6 Å². The molecule has 0 spiro atoms. The molecule has 4 rings (SSSR count). The summed E-state index contributed by atoms with van der Waals surface area (Å²) in [7, 11) is -2.49. The maximum Gasteiger partial charge on any atom is 0.234 e. The van der Waals surface area contributed by atoms with Crippen LogP contribution in [0.2, 0.25) is 5.02 Å². The Morgan fingerprint density at radius 2 is 1.83 bits per heavy atom. The largest absolute Gasteiger partial charge is 0.480 e. The van der Waals surface area contributed by atoms with Gasteiger partial charge in [-0.2, -0.15) is 0 Å². The number of methoxy groups -OCH3 is 1. The molecular formula is C24H20ClF3N2O4S. The number of hydrogen-bond acceptors (Lipinski definition) is 5. The Bertz CT molecular complexity index is 1410. The average Bonchev–Trinajstić information content (AvgIpc) is 2.92. The Hall–Kier alpha value is -3.11. The number of rotatable bonds is 5. The third kappa shape index (κ3) is 4.85. The van der Waals surface area contributed by atoms with E-state index in [1.165, 1.54) is 37.6 Å². The minimum Gasteiger partial charge on any atom is -0.480 e. The number of ether oxygens (including phenoxy) is 1. The van der Waals surface area contributed by atoms with Crippen molar-refractivity contribution in [1.82, 2.24) is 4.98 Å². The molecule has 184 valence electrons. The summed E-state index contributed by atoms with van der Waals surface area (Å²) in [6, 6.07) is 7.29. The molecule has 3 aromatic rings. The SMILES string of the molecule is COc1ncc(C2CCc3c(F)cccc3N(Cc3c(F)cc(Cl)cc3F)C2=O)cc1S(C)(=O)=O. The van der Waals surface area contributed by atoms with Crippen molar-refractivity contribution >= 4 is 33.0 Å². The average molecular weight is 525 g/mol. The quantitative estimate of drug-likeness (QED) is 0.478. The minimum atomic E-state index is -3.76. The summed E-state index contributed by atoms with van der Waals surface area (Å²) >= 11 is 5.72. The Labute approximate surface area is 205 Å². The number of nitrogens with zero attached hydrogens (tertiary/aromatic N) is 2. The van der Waals surface area contributed by atoms with Gasteiger partial charge in [-0.3, -0.25) is 4.79 Å². The molecule has 1 unspecified atom stereocenters. The third-order valence-electron chi connectivity index (χ3n) is 5.89. The summed E-state index contributed by atoms with van der Waals surface area (Å²) in [4.78, 5) is 18.7. The van der Waals surface area contributed by atoms with Gasteiger partial charge in [0.1, 0.15) is 22.3 Å². The van der Waals surface area contributed by atoms with Crippen LogP contribution < -0.4 is 9.64 Å². The molecule has 2 aromatic carbocycles. The topological polar surface area (TPSA) is 76.6 Å². The number of carbonyl (C=O) groups excluding carboxylic acids is 1. The smallest absolute Gasteiger partial charge is 0.234 e. The van der Waals surface area contributed by atoms with E-state index in [-0.39, 0.29) is 45.5 Å². The Morgan fingerprint density at radius 3 is 2.46 bits per heavy atom. The first-order valence-electron chi connectivity index (χ1n) is 10.5. The fraction of sp³-hybridized carbons (Fsp3) is 0.250. The Kier molecular flexibility index (Phi) is 6.79. The minimum absolute atomic E-state index is 0.117. The molecule has 35 heavy (non-hydrogen) atoms. The Morgan fingerprint density at radius 1 is 1.14 bits per heavy atom. The molecule has 0 bridgehead atoms. The van der Waals surface area contributed by atoms with E-state index < -0.39 is 51.2 Å². The molecule has 1 aliphatic heterocycles. The number of pyridine rings is 1. The van der Waals surface area contributed by atoms with E-state index in [9.17, 15) is 26.4 Å². The standard InChI is InChI=1S/C24H20ClF3N2O4S/c1-34-23-22(35(2,32)33)8-13(11-29-23)15-6-7-16-18(26)4-3-5-21(16)30(24(15)31)12-17-19(27)9-14(25)10-20(17)28/h3-5,8-11,15H,6-7,12H2,1-2H3. The summed E-state index contributed by atoms with van der Waals surface area (Å²) in [5.41, 5.74) is 0.230. The van der Waals surface area contributed by atoms with Crippen molar-refractivity contribution in [2.24, 2.45) is 0 Å². The zero-order valence-corrected chi connectivity index (χ0v) is 20.3. The fourth-order valence-corrected chi connectivity index (χ4v) is 5.17. The van der Waals surface area contributed by atoms with Gasteiger partial charge < -0.3 is 9.64 Å². The van der Waals surface area contributed by atoms with E-state index in [1.807, 2.05) is 0 Å². The van der Waals surface area contributed by atoms with Crippen molar-refractivity contribution in [3.8, 4) is 5.88 Å². The van der Waals surface area contributed by atoms with Gasteiger partial charge in [-0.1, -0.05) is 17.7 Å². The number of anilines is 1. The van der Waals surface area contributed by atoms with E-state index >= 15 is 0 Å². The van der Waals surface area contributed by atoms with Gasteiger partial charge in [0.05, 0.1) is 25.3 Å². The van der Waals surface area contributed by atoms with Crippen LogP contribution >= 0.6 is 11.6 Å². The van der Waals surface area contributed by atoms with Gasteiger partial charge in [0.2, 0.25) is 11.8 Å². The number of carbonyl (C=O) groups is 1. The lowest BCUT2D eigenvalue weighted by atomic mass is 9.93. The number of benzene rings is 2. The Balaban J connectivity index is 1.84. The lowest BCUT2D eigenvalue weighted by molar-refractivity contribution is -0.120. The molecule has 0 saturated heterocycles. The predicted octanol–water partition coefficient (Wildman–Crippen LogP) is 4.83. The van der Waals surface area contributed by atoms with Crippen molar-refractivity contribution < 1.29 is 31.1 Å². The van der Waals surface area contributed by atoms with E-state index in [2.05, 4.69) is 4.98 Å². The second-order valence-electron chi connectivity index (χ2n) is 8.15. The summed E-state index contributed by atoms with van der Waals surface area (Å²) in [6.07, 6.45) is 2.53. The van der Waals surface area contributed by atoms with Crippen LogP contribution in [0.25, 0.3) is 0 Å². The normalized spacial score (nSPS) is 16.1. The lowest BCUT2D eigenvalue weighted by Gasteiger charge is -2.27. The predicted molar refractivity (Wildman–Crippen MR) is 124 cm³/mol. The van der Waals surface area contributed by atoms with E-state index in [1.54, 1.807) is 0 Å². The molecule has 1 aromatic heterocycles. The van der Waals surface area contributed by atoms with E-state index in [0.717, 1.165) is 23.3 Å². The monoisotopic (exact) mass is 524 g/mol. The van der Waals surface area contributed by atoms with Gasteiger partial charge in [0.15, 0.2) is 9.84 Å². The first kappa shape index (κ1) is 25.0. The molecule has 0 saturated carbocycles. The maximum absolute atomic E-state index is 14.7. The molecule has 11 heteroatoms. The van der Waals surface area contributed by atoms with Crippen molar-refractivity contribution in [3.63, 3.8) is 0 Å². The first-order valence-corrected chi connectivity index (χ1v) is 12.7. The molecule has 1 atom stereocenters. The third-order valence-corrected chi connectivity index (χ3v) is 7.20. The molecule has 0 aliphatic carbocycles. The van der Waals surface area contributed by atoms with Crippen LogP contribution in [0.4, 0.5) is 18.9 Å². The molecule has 0 radical (unpaired) electrons. The summed E-state index contributed by atoms with van der Waals surface area (Å²) in [5, 5.41) is -0.145. The first-order chi connectivity index (χ1) is 16.5. The van der Waals surface area contributed by atoms with Crippen LogP contribution in [0.15, 0.2) is 47.5 Å². The molecule has 2 heterocycles. The molecule has 1 aliphatic rings. The highest BCUT2D eigenvalue weighted by Gasteiger charge is 2.35. The molecule has 0 N–H and O–H groups in total. The molecular weight excluding hydrogens is 505 g/mol. The van der Waals surface area contributed by atoms with Crippen LogP contribution in [-0.4, -0.2) is 32.7 Å².